The summed E-state index contributed by atoms with van der Waals surface area (Å²) in [6.07, 6.45) is 7.15. The molecular weight excluding hydrogens is 369 g/mol. The summed E-state index contributed by atoms with van der Waals surface area (Å²) < 4.78 is 15.8. The van der Waals surface area contributed by atoms with Crippen LogP contribution in [0.4, 0.5) is 15.3 Å². The van der Waals surface area contributed by atoms with Crippen LogP contribution >= 0.6 is 11.3 Å². The number of imidazole rings is 1. The van der Waals surface area contributed by atoms with Gasteiger partial charge in [-0.25, -0.2) is 19.3 Å². The summed E-state index contributed by atoms with van der Waals surface area (Å²) in [7, 11) is 0. The van der Waals surface area contributed by atoms with E-state index >= 15 is 0 Å². The number of carbonyl (C=O) groups is 1. The summed E-state index contributed by atoms with van der Waals surface area (Å²) in [5.41, 5.74) is 1.90. The molecule has 4 aromatic heterocycles. The van der Waals surface area contributed by atoms with Crippen LogP contribution in [-0.4, -0.2) is 37.5 Å². The van der Waals surface area contributed by atoms with E-state index < -0.39 is 0 Å². The summed E-state index contributed by atoms with van der Waals surface area (Å²) in [4.78, 5) is 28.0. The Bertz CT molecular complexity index is 1090. The second-order valence-corrected chi connectivity index (χ2v) is 6.59. The highest BCUT2D eigenvalue weighted by Gasteiger charge is 2.11. The molecule has 0 fully saturated rings. The predicted octanol–water partition coefficient (Wildman–Crippen LogP) is 2.58. The number of nitrogens with one attached hydrogen (secondary N) is 2. The van der Waals surface area contributed by atoms with E-state index in [1.807, 2.05) is 10.6 Å². The van der Waals surface area contributed by atoms with E-state index in [1.165, 1.54) is 17.4 Å². The lowest BCUT2D eigenvalue weighted by Crippen LogP contribution is -2.17. The van der Waals surface area contributed by atoms with Crippen LogP contribution < -0.4 is 10.6 Å². The summed E-state index contributed by atoms with van der Waals surface area (Å²) in [6, 6.07) is 4.77. The summed E-state index contributed by atoms with van der Waals surface area (Å²) in [5.74, 6) is 0.204. The Kier molecular flexibility index (Phi) is 4.71. The average molecular weight is 383 g/mol. The summed E-state index contributed by atoms with van der Waals surface area (Å²) in [5, 5.41) is 6.33. The predicted molar refractivity (Wildman–Crippen MR) is 100 cm³/mol. The average Bonchev–Trinajstić information content (AvgIpc) is 3.30. The highest BCUT2D eigenvalue weighted by Crippen LogP contribution is 2.30. The Morgan fingerprint density at radius 2 is 2.15 bits per heavy atom. The van der Waals surface area contributed by atoms with Gasteiger partial charge in [-0.2, -0.15) is 0 Å². The lowest BCUT2D eigenvalue weighted by molar-refractivity contribution is -0.109. The third kappa shape index (κ3) is 3.60. The molecule has 4 rings (SSSR count). The number of rotatable bonds is 7. The molecule has 0 atom stereocenters. The molecule has 0 saturated carbocycles. The molecule has 2 N–H and O–H groups in total. The van der Waals surface area contributed by atoms with Gasteiger partial charge < -0.3 is 15.2 Å². The fourth-order valence-electron chi connectivity index (χ4n) is 2.57. The number of thiazole rings is 1. The van der Waals surface area contributed by atoms with E-state index in [2.05, 4.69) is 30.6 Å². The molecule has 136 valence electrons. The highest BCUT2D eigenvalue weighted by atomic mass is 32.1. The second kappa shape index (κ2) is 7.46. The Hall–Kier alpha value is -3.40. The van der Waals surface area contributed by atoms with E-state index in [4.69, 9.17) is 0 Å². The molecule has 0 saturated heterocycles. The first-order valence-electron chi connectivity index (χ1n) is 8.06. The zero-order valence-corrected chi connectivity index (χ0v) is 14.8. The van der Waals surface area contributed by atoms with Gasteiger partial charge in [0.2, 0.25) is 6.41 Å². The molecule has 0 aliphatic heterocycles. The number of halogens is 1. The van der Waals surface area contributed by atoms with Gasteiger partial charge in [-0.15, -0.1) is 0 Å². The quantitative estimate of drug-likeness (QED) is 0.376. The molecule has 0 bridgehead atoms. The molecular formula is C17H14FN7OS. The van der Waals surface area contributed by atoms with Crippen molar-refractivity contribution in [2.75, 3.05) is 11.9 Å². The smallest absolute Gasteiger partial charge is 0.207 e. The number of aromatic nitrogens is 5. The van der Waals surface area contributed by atoms with Gasteiger partial charge in [0.15, 0.2) is 5.13 Å². The number of amides is 1. The standard InChI is InChI=1S/C17H14FN7OS/c18-11-2-1-3-20-16(11)14-8-22-17(27-14)24-15-6-13-12(7-21-15)23-9-25(13)5-4-19-10-26/h1-3,6-10H,4-5H2,(H,19,26)(H,21,22,24). The van der Waals surface area contributed by atoms with E-state index in [-0.39, 0.29) is 11.5 Å². The molecule has 0 unspecified atom stereocenters. The molecule has 4 aromatic rings. The zero-order chi connectivity index (χ0) is 18.6. The fraction of sp³-hybridized carbons (Fsp3) is 0.118. The number of hydrogen-bond donors (Lipinski definition) is 2. The maximum absolute atomic E-state index is 13.9. The topological polar surface area (TPSA) is 97.6 Å². The van der Waals surface area contributed by atoms with Crippen molar-refractivity contribution in [1.82, 2.24) is 29.8 Å². The molecule has 0 aromatic carbocycles. The number of anilines is 2. The molecule has 8 nitrogen and oxygen atoms in total. The number of hydrogen-bond acceptors (Lipinski definition) is 7. The van der Waals surface area contributed by atoms with Crippen molar-refractivity contribution in [3.8, 4) is 10.6 Å². The van der Waals surface area contributed by atoms with Crippen molar-refractivity contribution >= 4 is 39.7 Å². The highest BCUT2D eigenvalue weighted by molar-refractivity contribution is 7.18. The van der Waals surface area contributed by atoms with Crippen molar-refractivity contribution in [3.63, 3.8) is 0 Å². The Morgan fingerprint density at radius 1 is 1.22 bits per heavy atom. The molecule has 0 aliphatic carbocycles. The van der Waals surface area contributed by atoms with E-state index in [0.717, 1.165) is 11.0 Å². The van der Waals surface area contributed by atoms with Crippen molar-refractivity contribution in [2.24, 2.45) is 0 Å². The first-order chi connectivity index (χ1) is 13.2. The van der Waals surface area contributed by atoms with Gasteiger partial charge in [0.05, 0.1) is 22.9 Å². The molecule has 0 radical (unpaired) electrons. The van der Waals surface area contributed by atoms with Crippen molar-refractivity contribution in [3.05, 3.63) is 48.9 Å². The van der Waals surface area contributed by atoms with Crippen molar-refractivity contribution in [1.29, 1.82) is 0 Å². The molecule has 1 amide bonds. The minimum Gasteiger partial charge on any atom is -0.357 e. The third-order valence-corrected chi connectivity index (χ3v) is 4.74. The maximum Gasteiger partial charge on any atom is 0.207 e. The SMILES string of the molecule is O=CNCCn1cnc2cnc(Nc3ncc(-c4ncccc4F)s3)cc21. The van der Waals surface area contributed by atoms with Gasteiger partial charge in [-0.3, -0.25) is 9.78 Å². The molecule has 0 aliphatic rings. The van der Waals surface area contributed by atoms with E-state index in [1.54, 1.807) is 31.0 Å². The van der Waals surface area contributed by atoms with Crippen LogP contribution in [-0.2, 0) is 11.3 Å². The first-order valence-corrected chi connectivity index (χ1v) is 8.88. The monoisotopic (exact) mass is 383 g/mol. The van der Waals surface area contributed by atoms with Gasteiger partial charge in [-0.1, -0.05) is 11.3 Å². The van der Waals surface area contributed by atoms with Crippen molar-refractivity contribution in [2.45, 2.75) is 6.54 Å². The van der Waals surface area contributed by atoms with Crippen LogP contribution in [0.1, 0.15) is 0 Å². The normalized spacial score (nSPS) is 10.9. The number of nitrogens with zero attached hydrogens (tertiary/aromatic N) is 5. The van der Waals surface area contributed by atoms with E-state index in [0.29, 0.717) is 35.3 Å². The van der Waals surface area contributed by atoms with Crippen LogP contribution in [0.3, 0.4) is 0 Å². The number of fused-ring (bicyclic) bond motifs is 1. The minimum atomic E-state index is -0.389. The molecule has 0 spiro atoms. The van der Waals surface area contributed by atoms with Crippen molar-refractivity contribution < 1.29 is 9.18 Å². The van der Waals surface area contributed by atoms with Crippen LogP contribution in [0, 0.1) is 5.82 Å². The third-order valence-electron chi connectivity index (χ3n) is 3.82. The maximum atomic E-state index is 13.9. The van der Waals surface area contributed by atoms with Crippen LogP contribution in [0.5, 0.6) is 0 Å². The van der Waals surface area contributed by atoms with Gasteiger partial charge >= 0.3 is 0 Å². The first kappa shape index (κ1) is 17.0. The van der Waals surface area contributed by atoms with Gasteiger partial charge in [0.1, 0.15) is 22.8 Å². The number of carbonyl (C=O) groups excluding carboxylic acids is 1. The lowest BCUT2D eigenvalue weighted by atomic mass is 10.3. The van der Waals surface area contributed by atoms with E-state index in [9.17, 15) is 9.18 Å². The summed E-state index contributed by atoms with van der Waals surface area (Å²) in [6.45, 7) is 1.10. The Balaban J connectivity index is 1.56. The second-order valence-electron chi connectivity index (χ2n) is 5.56. The zero-order valence-electron chi connectivity index (χ0n) is 14.0. The van der Waals surface area contributed by atoms with Gasteiger partial charge in [-0.05, 0) is 12.1 Å². The summed E-state index contributed by atoms with van der Waals surface area (Å²) >= 11 is 1.29. The van der Waals surface area contributed by atoms with Gasteiger partial charge in [0, 0.05) is 31.5 Å². The Labute approximate surface area is 157 Å². The molecule has 27 heavy (non-hydrogen) atoms. The van der Waals surface area contributed by atoms with Crippen LogP contribution in [0.25, 0.3) is 21.6 Å². The van der Waals surface area contributed by atoms with Crippen LogP contribution in [0.2, 0.25) is 0 Å². The molecule has 10 heteroatoms. The lowest BCUT2D eigenvalue weighted by Gasteiger charge is -2.05. The minimum absolute atomic E-state index is 0.271. The fourth-order valence-corrected chi connectivity index (χ4v) is 3.39. The number of pyridine rings is 2. The molecule has 4 heterocycles. The van der Waals surface area contributed by atoms with Crippen LogP contribution in [0.15, 0.2) is 43.1 Å². The Morgan fingerprint density at radius 3 is 3.00 bits per heavy atom. The van der Waals surface area contributed by atoms with Gasteiger partial charge in [0.25, 0.3) is 0 Å². The largest absolute Gasteiger partial charge is 0.357 e.